The molecule has 0 aliphatic carbocycles. The van der Waals surface area contributed by atoms with Crippen LogP contribution in [0.15, 0.2) is 24.3 Å². The topological polar surface area (TPSA) is 47.3 Å². The fourth-order valence-electron chi connectivity index (χ4n) is 2.54. The first-order valence-corrected chi connectivity index (χ1v) is 6.99. The van der Waals surface area contributed by atoms with Gasteiger partial charge in [0.05, 0.1) is 12.1 Å². The van der Waals surface area contributed by atoms with E-state index < -0.39 is 0 Å². The first-order chi connectivity index (χ1) is 8.92. The van der Waals surface area contributed by atoms with Crippen molar-refractivity contribution in [1.29, 1.82) is 0 Å². The summed E-state index contributed by atoms with van der Waals surface area (Å²) in [4.78, 5) is 0. The smallest absolute Gasteiger partial charge is 0.0789 e. The van der Waals surface area contributed by atoms with Gasteiger partial charge in [0.25, 0.3) is 0 Å². The van der Waals surface area contributed by atoms with Crippen molar-refractivity contribution in [3.05, 3.63) is 35.4 Å². The molecule has 3 N–H and O–H groups in total. The Bertz CT molecular complexity index is 367. The average molecular weight is 264 g/mol. The molecule has 0 aliphatic heterocycles. The van der Waals surface area contributed by atoms with Crippen molar-refractivity contribution in [2.75, 3.05) is 7.11 Å². The Morgan fingerprint density at radius 2 is 1.68 bits per heavy atom. The van der Waals surface area contributed by atoms with E-state index in [0.717, 1.165) is 12.8 Å². The van der Waals surface area contributed by atoms with E-state index in [0.29, 0.717) is 0 Å². The van der Waals surface area contributed by atoms with E-state index in [1.54, 1.807) is 7.11 Å². The molecule has 108 valence electrons. The summed E-state index contributed by atoms with van der Waals surface area (Å²) in [5.74, 6) is 5.72. The average Bonchev–Trinajstić information content (AvgIpc) is 2.37. The van der Waals surface area contributed by atoms with Crippen LogP contribution in [0, 0.1) is 5.41 Å². The molecule has 0 heterocycles. The Morgan fingerprint density at radius 1 is 1.16 bits per heavy atom. The maximum absolute atomic E-state index is 5.72. The molecule has 3 nitrogen and oxygen atoms in total. The van der Waals surface area contributed by atoms with Gasteiger partial charge in [0.1, 0.15) is 0 Å². The third-order valence-electron chi connectivity index (χ3n) is 3.57. The number of hydrogen-bond donors (Lipinski definition) is 2. The standard InChI is InChI=1S/C16H28N2O/c1-6-12-7-9-13(10-8-12)11-14(18-17)15(19-5)16(2,3)4/h7-10,14-15,18H,6,11,17H2,1-5H3. The summed E-state index contributed by atoms with van der Waals surface area (Å²) in [6.45, 7) is 8.68. The Balaban J connectivity index is 2.80. The summed E-state index contributed by atoms with van der Waals surface area (Å²) in [6.07, 6.45) is 2.01. The summed E-state index contributed by atoms with van der Waals surface area (Å²) in [5, 5.41) is 0. The van der Waals surface area contributed by atoms with E-state index in [1.165, 1.54) is 11.1 Å². The molecular formula is C16H28N2O. The molecule has 0 spiro atoms. The van der Waals surface area contributed by atoms with Crippen LogP contribution in [0.1, 0.15) is 38.8 Å². The monoisotopic (exact) mass is 264 g/mol. The van der Waals surface area contributed by atoms with Crippen LogP contribution in [-0.4, -0.2) is 19.3 Å². The minimum atomic E-state index is 0.0507. The van der Waals surface area contributed by atoms with Crippen molar-refractivity contribution in [2.24, 2.45) is 11.3 Å². The highest BCUT2D eigenvalue weighted by Crippen LogP contribution is 2.26. The van der Waals surface area contributed by atoms with Crippen molar-refractivity contribution >= 4 is 0 Å². The normalized spacial score (nSPS) is 15.3. The van der Waals surface area contributed by atoms with Crippen LogP contribution < -0.4 is 11.3 Å². The highest BCUT2D eigenvalue weighted by molar-refractivity contribution is 5.23. The predicted molar refractivity (Wildman–Crippen MR) is 80.9 cm³/mol. The lowest BCUT2D eigenvalue weighted by Crippen LogP contribution is -2.51. The summed E-state index contributed by atoms with van der Waals surface area (Å²) >= 11 is 0. The number of ether oxygens (including phenoxy) is 1. The van der Waals surface area contributed by atoms with Gasteiger partial charge in [-0.25, -0.2) is 0 Å². The molecule has 0 radical (unpaired) electrons. The van der Waals surface area contributed by atoms with E-state index in [9.17, 15) is 0 Å². The molecule has 0 saturated heterocycles. The van der Waals surface area contributed by atoms with Crippen molar-refractivity contribution in [2.45, 2.75) is 52.7 Å². The highest BCUT2D eigenvalue weighted by Gasteiger charge is 2.31. The number of aryl methyl sites for hydroxylation is 1. The van der Waals surface area contributed by atoms with Gasteiger partial charge < -0.3 is 4.74 Å². The summed E-state index contributed by atoms with van der Waals surface area (Å²) < 4.78 is 5.64. The fraction of sp³-hybridized carbons (Fsp3) is 0.625. The van der Waals surface area contributed by atoms with Crippen LogP contribution >= 0.6 is 0 Å². The van der Waals surface area contributed by atoms with Crippen molar-refractivity contribution in [1.82, 2.24) is 5.43 Å². The van der Waals surface area contributed by atoms with Crippen molar-refractivity contribution in [3.8, 4) is 0 Å². The lowest BCUT2D eigenvalue weighted by atomic mass is 9.82. The zero-order valence-electron chi connectivity index (χ0n) is 12.9. The number of nitrogens with one attached hydrogen (secondary N) is 1. The van der Waals surface area contributed by atoms with E-state index in [1.807, 2.05) is 0 Å². The van der Waals surface area contributed by atoms with Crippen LogP contribution in [-0.2, 0) is 17.6 Å². The molecule has 0 aromatic heterocycles. The Hall–Kier alpha value is -0.900. The molecule has 0 aliphatic rings. The number of rotatable bonds is 6. The third kappa shape index (κ3) is 4.60. The van der Waals surface area contributed by atoms with E-state index in [4.69, 9.17) is 10.6 Å². The first-order valence-electron chi connectivity index (χ1n) is 6.99. The van der Waals surface area contributed by atoms with Gasteiger partial charge in [0.2, 0.25) is 0 Å². The summed E-state index contributed by atoms with van der Waals surface area (Å²) in [7, 11) is 1.75. The molecule has 2 unspecified atom stereocenters. The molecule has 0 fully saturated rings. The zero-order valence-corrected chi connectivity index (χ0v) is 12.9. The maximum Gasteiger partial charge on any atom is 0.0789 e. The first kappa shape index (κ1) is 16.2. The SMILES string of the molecule is CCc1ccc(CC(NN)C(OC)C(C)(C)C)cc1. The predicted octanol–water partition coefficient (Wildman–Crippen LogP) is 2.68. The highest BCUT2D eigenvalue weighted by atomic mass is 16.5. The molecule has 19 heavy (non-hydrogen) atoms. The van der Waals surface area contributed by atoms with Gasteiger partial charge in [0, 0.05) is 7.11 Å². The van der Waals surface area contributed by atoms with Gasteiger partial charge in [-0.2, -0.15) is 0 Å². The molecule has 0 amide bonds. The van der Waals surface area contributed by atoms with E-state index >= 15 is 0 Å². The molecule has 2 atom stereocenters. The number of methoxy groups -OCH3 is 1. The van der Waals surface area contributed by atoms with Gasteiger partial charge in [-0.15, -0.1) is 0 Å². The maximum atomic E-state index is 5.72. The van der Waals surface area contributed by atoms with E-state index in [-0.39, 0.29) is 17.6 Å². The van der Waals surface area contributed by atoms with Gasteiger partial charge >= 0.3 is 0 Å². The minimum absolute atomic E-state index is 0.0507. The number of hydrogen-bond acceptors (Lipinski definition) is 3. The number of benzene rings is 1. The lowest BCUT2D eigenvalue weighted by Gasteiger charge is -2.35. The zero-order chi connectivity index (χ0) is 14.5. The minimum Gasteiger partial charge on any atom is -0.379 e. The molecule has 3 heteroatoms. The third-order valence-corrected chi connectivity index (χ3v) is 3.57. The summed E-state index contributed by atoms with van der Waals surface area (Å²) in [5.41, 5.74) is 5.61. The van der Waals surface area contributed by atoms with Gasteiger partial charge in [0.15, 0.2) is 0 Å². The van der Waals surface area contributed by atoms with Crippen molar-refractivity contribution < 1.29 is 4.74 Å². The van der Waals surface area contributed by atoms with Gasteiger partial charge in [-0.3, -0.25) is 11.3 Å². The Kier molecular flexibility index (Phi) is 5.98. The number of nitrogens with two attached hydrogens (primary N) is 1. The second-order valence-corrected chi connectivity index (χ2v) is 6.17. The lowest BCUT2D eigenvalue weighted by molar-refractivity contribution is -0.0110. The molecule has 1 rings (SSSR count). The largest absolute Gasteiger partial charge is 0.379 e. The Morgan fingerprint density at radius 3 is 2.05 bits per heavy atom. The van der Waals surface area contributed by atoms with Crippen LogP contribution in [0.3, 0.4) is 0 Å². The fourth-order valence-corrected chi connectivity index (χ4v) is 2.54. The summed E-state index contributed by atoms with van der Waals surface area (Å²) in [6, 6.07) is 8.83. The van der Waals surface area contributed by atoms with Crippen LogP contribution in [0.2, 0.25) is 0 Å². The molecule has 0 bridgehead atoms. The van der Waals surface area contributed by atoms with Gasteiger partial charge in [-0.1, -0.05) is 52.0 Å². The second kappa shape index (κ2) is 7.04. The molecule has 1 aromatic rings. The molecule has 0 saturated carbocycles. The van der Waals surface area contributed by atoms with Crippen LogP contribution in [0.5, 0.6) is 0 Å². The van der Waals surface area contributed by atoms with Gasteiger partial charge in [-0.05, 0) is 29.4 Å². The van der Waals surface area contributed by atoms with Crippen LogP contribution in [0.4, 0.5) is 0 Å². The Labute approximate surface area is 117 Å². The van der Waals surface area contributed by atoms with E-state index in [2.05, 4.69) is 57.4 Å². The molecule has 1 aromatic carbocycles. The van der Waals surface area contributed by atoms with Crippen LogP contribution in [0.25, 0.3) is 0 Å². The van der Waals surface area contributed by atoms with Crippen molar-refractivity contribution in [3.63, 3.8) is 0 Å². The quantitative estimate of drug-likeness (QED) is 0.613. The molecular weight excluding hydrogens is 236 g/mol. The number of hydrazine groups is 1. The second-order valence-electron chi connectivity index (χ2n) is 6.17.